The van der Waals surface area contributed by atoms with Gasteiger partial charge < -0.3 is 9.15 Å². The Labute approximate surface area is 88.7 Å². The first-order valence-electron chi connectivity index (χ1n) is 4.62. The standard InChI is InChI=1S/C12H12O3/c1-3-6-10(12(13)14-4-2)9-11-7-5-8-15-11/h1,5,7-9H,4,6H2,2H3/b10-9-. The lowest BCUT2D eigenvalue weighted by Crippen LogP contribution is -2.07. The van der Waals surface area contributed by atoms with E-state index in [-0.39, 0.29) is 6.42 Å². The Morgan fingerprint density at radius 3 is 3.07 bits per heavy atom. The van der Waals surface area contributed by atoms with Gasteiger partial charge in [-0.25, -0.2) is 4.79 Å². The molecule has 0 N–H and O–H groups in total. The molecule has 0 bridgehead atoms. The number of furan rings is 1. The lowest BCUT2D eigenvalue weighted by atomic mass is 10.1. The SMILES string of the molecule is C#CC/C(=C/c1ccco1)C(=O)OCC. The zero-order valence-electron chi connectivity index (χ0n) is 8.53. The van der Waals surface area contributed by atoms with Crippen molar-refractivity contribution >= 4 is 12.0 Å². The van der Waals surface area contributed by atoms with Crippen molar-refractivity contribution in [2.45, 2.75) is 13.3 Å². The summed E-state index contributed by atoms with van der Waals surface area (Å²) in [7, 11) is 0. The van der Waals surface area contributed by atoms with Gasteiger partial charge in [-0.15, -0.1) is 12.3 Å². The first-order valence-corrected chi connectivity index (χ1v) is 4.62. The molecule has 78 valence electrons. The Balaban J connectivity index is 2.83. The van der Waals surface area contributed by atoms with Gasteiger partial charge in [-0.05, 0) is 25.1 Å². The summed E-state index contributed by atoms with van der Waals surface area (Å²) < 4.78 is 9.95. The van der Waals surface area contributed by atoms with Crippen LogP contribution in [0.15, 0.2) is 28.4 Å². The maximum absolute atomic E-state index is 11.4. The third-order valence-electron chi connectivity index (χ3n) is 1.69. The van der Waals surface area contributed by atoms with Crippen LogP contribution in [0.1, 0.15) is 19.1 Å². The number of ether oxygens (including phenoxy) is 1. The van der Waals surface area contributed by atoms with Gasteiger partial charge in [0, 0.05) is 6.42 Å². The normalized spacial score (nSPS) is 10.8. The van der Waals surface area contributed by atoms with Gasteiger partial charge in [-0.1, -0.05) is 0 Å². The third-order valence-corrected chi connectivity index (χ3v) is 1.69. The van der Waals surface area contributed by atoms with Crippen LogP contribution in [-0.2, 0) is 9.53 Å². The number of hydrogen-bond donors (Lipinski definition) is 0. The van der Waals surface area contributed by atoms with Gasteiger partial charge in [0.25, 0.3) is 0 Å². The summed E-state index contributed by atoms with van der Waals surface area (Å²) >= 11 is 0. The maximum Gasteiger partial charge on any atom is 0.335 e. The van der Waals surface area contributed by atoms with E-state index in [9.17, 15) is 4.79 Å². The number of hydrogen-bond acceptors (Lipinski definition) is 3. The molecule has 0 saturated heterocycles. The van der Waals surface area contributed by atoms with E-state index in [2.05, 4.69) is 5.92 Å². The highest BCUT2D eigenvalue weighted by molar-refractivity contribution is 5.93. The molecule has 1 heterocycles. The number of terminal acetylenes is 1. The topological polar surface area (TPSA) is 39.4 Å². The molecule has 3 nitrogen and oxygen atoms in total. The van der Waals surface area contributed by atoms with Gasteiger partial charge in [-0.3, -0.25) is 0 Å². The number of carbonyl (C=O) groups excluding carboxylic acids is 1. The molecule has 0 spiro atoms. The quantitative estimate of drug-likeness (QED) is 0.429. The molecular formula is C12H12O3. The van der Waals surface area contributed by atoms with E-state index in [4.69, 9.17) is 15.6 Å². The summed E-state index contributed by atoms with van der Waals surface area (Å²) in [5, 5.41) is 0. The van der Waals surface area contributed by atoms with Gasteiger partial charge >= 0.3 is 5.97 Å². The van der Waals surface area contributed by atoms with Crippen molar-refractivity contribution in [3.05, 3.63) is 29.7 Å². The summed E-state index contributed by atoms with van der Waals surface area (Å²) in [6.07, 6.45) is 8.53. The number of carbonyl (C=O) groups is 1. The van der Waals surface area contributed by atoms with Crippen molar-refractivity contribution in [1.29, 1.82) is 0 Å². The molecule has 0 aromatic carbocycles. The third kappa shape index (κ3) is 3.35. The Bertz CT molecular complexity index is 379. The largest absolute Gasteiger partial charge is 0.465 e. The summed E-state index contributed by atoms with van der Waals surface area (Å²) in [5.41, 5.74) is 0.425. The average molecular weight is 204 g/mol. The first kappa shape index (κ1) is 11.1. The minimum Gasteiger partial charge on any atom is -0.465 e. The van der Waals surface area contributed by atoms with Crippen LogP contribution in [0, 0.1) is 12.3 Å². The summed E-state index contributed by atoms with van der Waals surface area (Å²) in [6.45, 7) is 2.08. The molecule has 0 amide bonds. The molecule has 0 aliphatic rings. The van der Waals surface area contributed by atoms with Crippen LogP contribution >= 0.6 is 0 Å². The summed E-state index contributed by atoms with van der Waals surface area (Å²) in [6, 6.07) is 3.49. The van der Waals surface area contributed by atoms with E-state index < -0.39 is 5.97 Å². The predicted octanol–water partition coefficient (Wildman–Crippen LogP) is 2.25. The van der Waals surface area contributed by atoms with E-state index in [1.165, 1.54) is 6.26 Å². The monoisotopic (exact) mass is 204 g/mol. The number of esters is 1. The van der Waals surface area contributed by atoms with Crippen LogP contribution in [0.4, 0.5) is 0 Å². The molecule has 0 atom stereocenters. The smallest absolute Gasteiger partial charge is 0.335 e. The molecule has 0 fully saturated rings. The van der Waals surface area contributed by atoms with E-state index in [1.54, 1.807) is 25.1 Å². The predicted molar refractivity (Wildman–Crippen MR) is 56.8 cm³/mol. The molecule has 0 aliphatic heterocycles. The maximum atomic E-state index is 11.4. The number of rotatable bonds is 4. The second-order valence-electron chi connectivity index (χ2n) is 2.79. The van der Waals surface area contributed by atoms with E-state index in [0.717, 1.165) is 0 Å². The zero-order valence-corrected chi connectivity index (χ0v) is 8.53. The van der Waals surface area contributed by atoms with Gasteiger partial charge in [0.1, 0.15) is 5.76 Å². The van der Waals surface area contributed by atoms with Crippen molar-refractivity contribution in [3.63, 3.8) is 0 Å². The second kappa shape index (κ2) is 5.71. The van der Waals surface area contributed by atoms with Gasteiger partial charge in [0.05, 0.1) is 18.4 Å². The summed E-state index contributed by atoms with van der Waals surface area (Å²) in [4.78, 5) is 11.4. The minimum absolute atomic E-state index is 0.236. The Morgan fingerprint density at radius 2 is 2.53 bits per heavy atom. The fraction of sp³-hybridized carbons (Fsp3) is 0.250. The van der Waals surface area contributed by atoms with Crippen LogP contribution in [-0.4, -0.2) is 12.6 Å². The fourth-order valence-corrected chi connectivity index (χ4v) is 1.06. The molecule has 0 radical (unpaired) electrons. The second-order valence-corrected chi connectivity index (χ2v) is 2.79. The summed E-state index contributed by atoms with van der Waals surface area (Å²) in [5.74, 6) is 2.60. The highest BCUT2D eigenvalue weighted by Gasteiger charge is 2.09. The molecule has 1 aromatic rings. The zero-order chi connectivity index (χ0) is 11.1. The highest BCUT2D eigenvalue weighted by atomic mass is 16.5. The Hall–Kier alpha value is -1.95. The molecule has 1 rings (SSSR count). The van der Waals surface area contributed by atoms with E-state index in [1.807, 2.05) is 0 Å². The van der Waals surface area contributed by atoms with E-state index in [0.29, 0.717) is 17.9 Å². The van der Waals surface area contributed by atoms with Crippen molar-refractivity contribution < 1.29 is 13.9 Å². The van der Waals surface area contributed by atoms with Gasteiger partial charge in [-0.2, -0.15) is 0 Å². The molecule has 15 heavy (non-hydrogen) atoms. The van der Waals surface area contributed by atoms with Crippen LogP contribution in [0.25, 0.3) is 6.08 Å². The highest BCUT2D eigenvalue weighted by Crippen LogP contribution is 2.11. The average Bonchev–Trinajstić information content (AvgIpc) is 2.70. The van der Waals surface area contributed by atoms with Crippen molar-refractivity contribution in [3.8, 4) is 12.3 Å². The minimum atomic E-state index is -0.396. The Morgan fingerprint density at radius 1 is 1.73 bits per heavy atom. The first-order chi connectivity index (χ1) is 7.27. The molecule has 0 unspecified atom stereocenters. The lowest BCUT2D eigenvalue weighted by Gasteiger charge is -2.02. The molecule has 3 heteroatoms. The fourth-order valence-electron chi connectivity index (χ4n) is 1.06. The van der Waals surface area contributed by atoms with Crippen LogP contribution < -0.4 is 0 Å². The van der Waals surface area contributed by atoms with Crippen LogP contribution in [0.2, 0.25) is 0 Å². The van der Waals surface area contributed by atoms with Gasteiger partial charge in [0.2, 0.25) is 0 Å². The molecule has 0 saturated carbocycles. The molecule has 0 aliphatic carbocycles. The van der Waals surface area contributed by atoms with Gasteiger partial charge in [0.15, 0.2) is 0 Å². The van der Waals surface area contributed by atoms with Crippen LogP contribution in [0.3, 0.4) is 0 Å². The van der Waals surface area contributed by atoms with Crippen LogP contribution in [0.5, 0.6) is 0 Å². The lowest BCUT2D eigenvalue weighted by molar-refractivity contribution is -0.138. The molecule has 1 aromatic heterocycles. The van der Waals surface area contributed by atoms with E-state index >= 15 is 0 Å². The molecular weight excluding hydrogens is 192 g/mol. The van der Waals surface area contributed by atoms with Crippen molar-refractivity contribution in [2.75, 3.05) is 6.61 Å². The Kier molecular flexibility index (Phi) is 4.24. The van der Waals surface area contributed by atoms with Crippen molar-refractivity contribution in [1.82, 2.24) is 0 Å². The van der Waals surface area contributed by atoms with Crippen molar-refractivity contribution in [2.24, 2.45) is 0 Å².